The van der Waals surface area contributed by atoms with Gasteiger partial charge in [0.25, 0.3) is 0 Å². The smallest absolute Gasteiger partial charge is 0.316 e. The average Bonchev–Trinajstić information content (AvgIpc) is 2.70. The summed E-state index contributed by atoms with van der Waals surface area (Å²) in [4.78, 5) is 12.2. The highest BCUT2D eigenvalue weighted by molar-refractivity contribution is 5.85. The van der Waals surface area contributed by atoms with Crippen LogP contribution in [-0.2, 0) is 21.6 Å². The summed E-state index contributed by atoms with van der Waals surface area (Å²) in [5.41, 5.74) is -0.521. The summed E-state index contributed by atoms with van der Waals surface area (Å²) in [5.74, 6) is -0.201. The van der Waals surface area contributed by atoms with Crippen LogP contribution >= 0.6 is 0 Å². The van der Waals surface area contributed by atoms with Crippen molar-refractivity contribution < 1.29 is 14.6 Å². The number of benzene rings is 1. The van der Waals surface area contributed by atoms with Crippen LogP contribution in [0, 0.1) is 5.41 Å². The van der Waals surface area contributed by atoms with Crippen molar-refractivity contribution in [1.82, 2.24) is 0 Å². The number of aliphatic hydroxyl groups is 1. The van der Waals surface area contributed by atoms with Crippen molar-refractivity contribution in [3.8, 4) is 0 Å². The van der Waals surface area contributed by atoms with Crippen LogP contribution in [0.2, 0.25) is 0 Å². The molecule has 0 aromatic heterocycles. The molecule has 0 spiro atoms. The third-order valence-electron chi connectivity index (χ3n) is 5.42. The van der Waals surface area contributed by atoms with Crippen LogP contribution in [0.1, 0.15) is 37.3 Å². The maximum absolute atomic E-state index is 12.2. The summed E-state index contributed by atoms with van der Waals surface area (Å²) in [6.45, 7) is 1.88. The van der Waals surface area contributed by atoms with Gasteiger partial charge in [-0.15, -0.1) is 0 Å². The zero-order valence-corrected chi connectivity index (χ0v) is 10.4. The van der Waals surface area contributed by atoms with E-state index in [1.165, 1.54) is 0 Å². The maximum Gasteiger partial charge on any atom is 0.316 e. The van der Waals surface area contributed by atoms with Gasteiger partial charge in [-0.2, -0.15) is 0 Å². The highest BCUT2D eigenvalue weighted by atomic mass is 16.6. The van der Waals surface area contributed by atoms with Gasteiger partial charge in [-0.25, -0.2) is 0 Å². The number of carbonyl (C=O) groups excluding carboxylic acids is 1. The molecule has 0 unspecified atom stereocenters. The minimum absolute atomic E-state index is 0.201. The van der Waals surface area contributed by atoms with Gasteiger partial charge in [0.05, 0.1) is 0 Å². The first-order valence-corrected chi connectivity index (χ1v) is 6.58. The van der Waals surface area contributed by atoms with Gasteiger partial charge in [-0.3, -0.25) is 4.79 Å². The zero-order valence-electron chi connectivity index (χ0n) is 10.4. The summed E-state index contributed by atoms with van der Waals surface area (Å²) in [5, 5.41) is 11.3. The van der Waals surface area contributed by atoms with E-state index in [4.69, 9.17) is 4.74 Å². The van der Waals surface area contributed by atoms with Crippen molar-refractivity contribution in [2.75, 3.05) is 0 Å². The van der Waals surface area contributed by atoms with Crippen molar-refractivity contribution in [2.24, 2.45) is 5.41 Å². The SMILES string of the molecule is C[C@]12CC[C@@]3(CCc4ccccc4[C@@]31O)C(=O)O2. The van der Waals surface area contributed by atoms with Crippen LogP contribution in [0.3, 0.4) is 0 Å². The number of aryl methyl sites for hydroxylation is 1. The second kappa shape index (κ2) is 2.80. The fourth-order valence-electron chi connectivity index (χ4n) is 4.39. The van der Waals surface area contributed by atoms with Crippen LogP contribution in [0.25, 0.3) is 0 Å². The molecule has 1 aromatic rings. The first-order valence-electron chi connectivity index (χ1n) is 6.58. The van der Waals surface area contributed by atoms with Gasteiger partial charge in [-0.05, 0) is 43.7 Å². The Kier molecular flexibility index (Phi) is 1.64. The second-order valence-corrected chi connectivity index (χ2v) is 6.07. The molecule has 4 rings (SSSR count). The van der Waals surface area contributed by atoms with Gasteiger partial charge in [0.2, 0.25) is 0 Å². The van der Waals surface area contributed by atoms with Gasteiger partial charge >= 0.3 is 5.97 Å². The van der Waals surface area contributed by atoms with Crippen LogP contribution < -0.4 is 0 Å². The van der Waals surface area contributed by atoms with Crippen LogP contribution in [-0.4, -0.2) is 16.7 Å². The number of ether oxygens (including phenoxy) is 1. The fourth-order valence-corrected chi connectivity index (χ4v) is 4.39. The predicted octanol–water partition coefficient (Wildman–Crippen LogP) is 1.92. The Morgan fingerprint density at radius 2 is 2.00 bits per heavy atom. The topological polar surface area (TPSA) is 46.5 Å². The van der Waals surface area contributed by atoms with Crippen molar-refractivity contribution >= 4 is 5.97 Å². The standard InChI is InChI=1S/C15H16O3/c1-13-8-9-14(12(16)18-13)7-6-10-4-2-3-5-11(10)15(13,14)17/h2-5,17H,6-9H2,1H3/t13-,14-,15-/m0/s1. The van der Waals surface area contributed by atoms with Gasteiger partial charge < -0.3 is 9.84 Å². The molecule has 1 aliphatic heterocycles. The summed E-state index contributed by atoms with van der Waals surface area (Å²) in [6.07, 6.45) is 3.05. The van der Waals surface area contributed by atoms with Gasteiger partial charge in [0, 0.05) is 0 Å². The van der Waals surface area contributed by atoms with Gasteiger partial charge in [0.1, 0.15) is 16.6 Å². The van der Waals surface area contributed by atoms with Crippen LogP contribution in [0.15, 0.2) is 24.3 Å². The molecule has 2 fully saturated rings. The summed E-state index contributed by atoms with van der Waals surface area (Å²) >= 11 is 0. The Morgan fingerprint density at radius 1 is 1.22 bits per heavy atom. The summed E-state index contributed by atoms with van der Waals surface area (Å²) in [6, 6.07) is 7.92. The number of hydrogen-bond donors (Lipinski definition) is 1. The first kappa shape index (κ1) is 10.6. The quantitative estimate of drug-likeness (QED) is 0.709. The second-order valence-electron chi connectivity index (χ2n) is 6.07. The maximum atomic E-state index is 12.2. The van der Waals surface area contributed by atoms with E-state index in [2.05, 4.69) is 0 Å². The van der Waals surface area contributed by atoms with Crippen molar-refractivity contribution in [3.05, 3.63) is 35.4 Å². The molecule has 18 heavy (non-hydrogen) atoms. The number of rotatable bonds is 0. The molecule has 1 aromatic carbocycles. The first-order chi connectivity index (χ1) is 8.54. The van der Waals surface area contributed by atoms with Crippen LogP contribution in [0.4, 0.5) is 0 Å². The molecule has 1 saturated heterocycles. The Morgan fingerprint density at radius 3 is 2.78 bits per heavy atom. The third-order valence-corrected chi connectivity index (χ3v) is 5.42. The number of esters is 1. The minimum Gasteiger partial charge on any atom is -0.455 e. The molecule has 1 N–H and O–H groups in total. The van der Waals surface area contributed by atoms with E-state index in [1.54, 1.807) is 0 Å². The monoisotopic (exact) mass is 244 g/mol. The molecule has 1 heterocycles. The van der Waals surface area contributed by atoms with E-state index >= 15 is 0 Å². The van der Waals surface area contributed by atoms with Crippen molar-refractivity contribution in [1.29, 1.82) is 0 Å². The molecule has 94 valence electrons. The third kappa shape index (κ3) is 0.821. The average molecular weight is 244 g/mol. The Balaban J connectivity index is 2.06. The van der Waals surface area contributed by atoms with Crippen LogP contribution in [0.5, 0.6) is 0 Å². The van der Waals surface area contributed by atoms with Gasteiger partial charge in [-0.1, -0.05) is 24.3 Å². The number of carbonyl (C=O) groups is 1. The van der Waals surface area contributed by atoms with Gasteiger partial charge in [0.15, 0.2) is 0 Å². The Hall–Kier alpha value is -1.35. The van der Waals surface area contributed by atoms with Crippen molar-refractivity contribution in [3.63, 3.8) is 0 Å². The molecule has 3 heteroatoms. The summed E-state index contributed by atoms with van der Waals surface area (Å²) < 4.78 is 5.56. The lowest BCUT2D eigenvalue weighted by Crippen LogP contribution is -2.52. The number of fused-ring (bicyclic) bond motifs is 1. The normalized spacial score (nSPS) is 44.4. The lowest BCUT2D eigenvalue weighted by molar-refractivity contribution is -0.160. The molecule has 3 aliphatic rings. The highest BCUT2D eigenvalue weighted by Crippen LogP contribution is 2.68. The van der Waals surface area contributed by atoms with E-state index in [9.17, 15) is 9.90 Å². The largest absolute Gasteiger partial charge is 0.455 e. The zero-order chi connectivity index (χ0) is 12.6. The van der Waals surface area contributed by atoms with E-state index in [0.717, 1.165) is 30.4 Å². The Bertz CT molecular complexity index is 567. The lowest BCUT2D eigenvalue weighted by Gasteiger charge is -2.42. The molecular formula is C15H16O3. The predicted molar refractivity (Wildman–Crippen MR) is 64.8 cm³/mol. The lowest BCUT2D eigenvalue weighted by atomic mass is 9.61. The van der Waals surface area contributed by atoms with Crippen molar-refractivity contribution in [2.45, 2.75) is 43.8 Å². The molecule has 0 amide bonds. The summed E-state index contributed by atoms with van der Waals surface area (Å²) in [7, 11) is 0. The van der Waals surface area contributed by atoms with E-state index in [-0.39, 0.29) is 5.97 Å². The van der Waals surface area contributed by atoms with E-state index in [1.807, 2.05) is 31.2 Å². The molecule has 2 bridgehead atoms. The highest BCUT2D eigenvalue weighted by Gasteiger charge is 2.78. The van der Waals surface area contributed by atoms with E-state index < -0.39 is 16.6 Å². The molecular weight excluding hydrogens is 228 g/mol. The Labute approximate surface area is 106 Å². The number of hydrogen-bond acceptors (Lipinski definition) is 3. The molecule has 3 atom stereocenters. The minimum atomic E-state index is -1.13. The molecule has 3 nitrogen and oxygen atoms in total. The molecule has 1 saturated carbocycles. The molecule has 2 aliphatic carbocycles. The fraction of sp³-hybridized carbons (Fsp3) is 0.533. The molecule has 0 radical (unpaired) electrons. The van der Waals surface area contributed by atoms with E-state index in [0.29, 0.717) is 6.42 Å².